The molecule has 2 amide bonds. The van der Waals surface area contributed by atoms with Gasteiger partial charge in [-0.3, -0.25) is 0 Å². The predicted molar refractivity (Wildman–Crippen MR) is 98.8 cm³/mol. The molecule has 0 saturated carbocycles. The van der Waals surface area contributed by atoms with Crippen molar-refractivity contribution in [3.05, 3.63) is 35.9 Å². The second-order valence-corrected chi connectivity index (χ2v) is 6.44. The first-order valence-corrected chi connectivity index (χ1v) is 9.13. The van der Waals surface area contributed by atoms with Gasteiger partial charge in [0.1, 0.15) is 6.61 Å². The lowest BCUT2D eigenvalue weighted by atomic mass is 10.0. The molecule has 0 radical (unpaired) electrons. The van der Waals surface area contributed by atoms with Crippen LogP contribution in [-0.4, -0.2) is 67.1 Å². The van der Waals surface area contributed by atoms with Crippen molar-refractivity contribution in [2.75, 3.05) is 26.9 Å². The zero-order valence-electron chi connectivity index (χ0n) is 15.8. The number of benzene rings is 1. The number of nitrogens with one attached hydrogen (secondary N) is 1. The second-order valence-electron chi connectivity index (χ2n) is 6.44. The van der Waals surface area contributed by atoms with Gasteiger partial charge >= 0.3 is 18.2 Å². The number of nitrogens with zero attached hydrogens (tertiary/aromatic N) is 1. The van der Waals surface area contributed by atoms with E-state index in [0.717, 1.165) is 18.4 Å². The lowest BCUT2D eigenvalue weighted by Gasteiger charge is -2.33. The maximum atomic E-state index is 12.0. The van der Waals surface area contributed by atoms with E-state index in [9.17, 15) is 19.5 Å². The Balaban J connectivity index is 1.81. The van der Waals surface area contributed by atoms with E-state index in [-0.39, 0.29) is 25.9 Å². The summed E-state index contributed by atoms with van der Waals surface area (Å²) >= 11 is 0. The van der Waals surface area contributed by atoms with Crippen LogP contribution in [0.1, 0.15) is 24.8 Å². The van der Waals surface area contributed by atoms with E-state index in [1.54, 1.807) is 0 Å². The first-order chi connectivity index (χ1) is 13.5. The minimum absolute atomic E-state index is 0.0665. The highest BCUT2D eigenvalue weighted by molar-refractivity contribution is 5.81. The molecule has 0 bridgehead atoms. The summed E-state index contributed by atoms with van der Waals surface area (Å²) in [4.78, 5) is 36.5. The van der Waals surface area contributed by atoms with Crippen LogP contribution in [0.15, 0.2) is 30.3 Å². The number of carboxylic acid groups (broad SMARTS) is 1. The topological polar surface area (TPSA) is 114 Å². The minimum Gasteiger partial charge on any atom is -0.467 e. The van der Waals surface area contributed by atoms with E-state index < -0.39 is 24.2 Å². The Morgan fingerprint density at radius 2 is 2.00 bits per heavy atom. The van der Waals surface area contributed by atoms with E-state index in [1.807, 2.05) is 30.3 Å². The number of alkyl carbamates (subject to hydrolysis) is 1. The van der Waals surface area contributed by atoms with Gasteiger partial charge in [-0.05, 0) is 24.8 Å². The van der Waals surface area contributed by atoms with Crippen molar-refractivity contribution in [1.82, 2.24) is 10.2 Å². The zero-order valence-corrected chi connectivity index (χ0v) is 15.8. The van der Waals surface area contributed by atoms with Gasteiger partial charge in [-0.25, -0.2) is 14.4 Å². The predicted octanol–water partition coefficient (Wildman–Crippen LogP) is 2.00. The van der Waals surface area contributed by atoms with Crippen LogP contribution >= 0.6 is 0 Å². The maximum absolute atomic E-state index is 12.0. The molecule has 1 aliphatic rings. The van der Waals surface area contributed by atoms with E-state index >= 15 is 0 Å². The molecule has 0 aromatic heterocycles. The van der Waals surface area contributed by atoms with E-state index in [0.29, 0.717) is 13.0 Å². The van der Waals surface area contributed by atoms with Crippen LogP contribution in [0, 0.1) is 0 Å². The fraction of sp³-hybridized carbons (Fsp3) is 0.526. The summed E-state index contributed by atoms with van der Waals surface area (Å²) in [5, 5.41) is 11.7. The van der Waals surface area contributed by atoms with Gasteiger partial charge in [0.15, 0.2) is 6.04 Å². The lowest BCUT2D eigenvalue weighted by molar-refractivity contribution is -0.144. The third-order valence-electron chi connectivity index (χ3n) is 4.46. The molecule has 1 aromatic carbocycles. The van der Waals surface area contributed by atoms with Gasteiger partial charge in [-0.15, -0.1) is 0 Å². The summed E-state index contributed by atoms with van der Waals surface area (Å²) in [6.07, 6.45) is 0.681. The normalized spacial score (nSPS) is 17.5. The molecule has 1 fully saturated rings. The molecule has 9 nitrogen and oxygen atoms in total. The zero-order chi connectivity index (χ0) is 20.4. The Morgan fingerprint density at radius 1 is 1.25 bits per heavy atom. The first kappa shape index (κ1) is 21.5. The number of carbonyl (C=O) groups is 3. The van der Waals surface area contributed by atoms with Gasteiger partial charge in [0.05, 0.1) is 26.4 Å². The number of esters is 1. The Hall–Kier alpha value is -2.81. The van der Waals surface area contributed by atoms with Crippen LogP contribution in [0.5, 0.6) is 0 Å². The van der Waals surface area contributed by atoms with Gasteiger partial charge in [0.25, 0.3) is 0 Å². The molecule has 9 heteroatoms. The van der Waals surface area contributed by atoms with Crippen LogP contribution < -0.4 is 5.32 Å². The summed E-state index contributed by atoms with van der Waals surface area (Å²) in [7, 11) is 1.21. The molecule has 2 rings (SSSR count). The van der Waals surface area contributed by atoms with Crippen molar-refractivity contribution in [3.8, 4) is 0 Å². The SMILES string of the molecule is COC(=O)[C@H](COC[C@H]1CCCCN1C(=O)O)NC(=O)OCc1ccccc1. The maximum Gasteiger partial charge on any atom is 0.408 e. The molecular formula is C19H26N2O7. The average molecular weight is 394 g/mol. The van der Waals surface area contributed by atoms with E-state index in [4.69, 9.17) is 9.47 Å². The number of methoxy groups -OCH3 is 1. The summed E-state index contributed by atoms with van der Waals surface area (Å²) in [6.45, 7) is 0.530. The summed E-state index contributed by atoms with van der Waals surface area (Å²) in [5.74, 6) is -0.671. The van der Waals surface area contributed by atoms with Crippen LogP contribution in [0.4, 0.5) is 9.59 Å². The summed E-state index contributed by atoms with van der Waals surface area (Å²) in [5.41, 5.74) is 0.814. The van der Waals surface area contributed by atoms with Crippen molar-refractivity contribution >= 4 is 18.2 Å². The highest BCUT2D eigenvalue weighted by Crippen LogP contribution is 2.17. The van der Waals surface area contributed by atoms with Gasteiger partial charge in [0, 0.05) is 6.54 Å². The fourth-order valence-electron chi connectivity index (χ4n) is 2.97. The second kappa shape index (κ2) is 11.1. The smallest absolute Gasteiger partial charge is 0.408 e. The standard InChI is InChI=1S/C19H26N2O7/c1-26-17(22)16(20-18(23)28-11-14-7-3-2-4-8-14)13-27-12-15-9-5-6-10-21(15)19(24)25/h2-4,7-8,15-16H,5-6,9-13H2,1H3,(H,20,23)(H,24,25)/t15-,16+/m1/s1. The molecule has 1 aromatic rings. The third-order valence-corrected chi connectivity index (χ3v) is 4.46. The van der Waals surface area contributed by atoms with Crippen LogP contribution in [-0.2, 0) is 25.6 Å². The highest BCUT2D eigenvalue weighted by Gasteiger charge is 2.28. The molecule has 0 unspecified atom stereocenters. The van der Waals surface area contributed by atoms with Crippen molar-refractivity contribution in [2.45, 2.75) is 38.0 Å². The molecule has 28 heavy (non-hydrogen) atoms. The number of carbonyl (C=O) groups excluding carboxylic acids is 2. The number of hydrogen-bond acceptors (Lipinski definition) is 6. The van der Waals surface area contributed by atoms with Crippen molar-refractivity contribution in [3.63, 3.8) is 0 Å². The molecule has 154 valence electrons. The van der Waals surface area contributed by atoms with Gasteiger partial charge in [-0.2, -0.15) is 0 Å². The molecule has 0 spiro atoms. The number of amides is 2. The van der Waals surface area contributed by atoms with Gasteiger partial charge in [-0.1, -0.05) is 30.3 Å². The van der Waals surface area contributed by atoms with Crippen LogP contribution in [0.25, 0.3) is 0 Å². The van der Waals surface area contributed by atoms with Gasteiger partial charge < -0.3 is 29.5 Å². The average Bonchev–Trinajstić information content (AvgIpc) is 2.72. The lowest BCUT2D eigenvalue weighted by Crippen LogP contribution is -2.48. The first-order valence-electron chi connectivity index (χ1n) is 9.13. The Morgan fingerprint density at radius 3 is 2.68 bits per heavy atom. The summed E-state index contributed by atoms with van der Waals surface area (Å²) in [6, 6.07) is 7.82. The molecule has 1 aliphatic heterocycles. The fourth-order valence-corrected chi connectivity index (χ4v) is 2.97. The highest BCUT2D eigenvalue weighted by atomic mass is 16.6. The Labute approximate surface area is 163 Å². The molecule has 2 N–H and O–H groups in total. The minimum atomic E-state index is -1.05. The molecule has 1 saturated heterocycles. The molecule has 0 aliphatic carbocycles. The number of ether oxygens (including phenoxy) is 3. The van der Waals surface area contributed by atoms with E-state index in [2.05, 4.69) is 10.1 Å². The largest absolute Gasteiger partial charge is 0.467 e. The number of rotatable bonds is 8. The van der Waals surface area contributed by atoms with Crippen LogP contribution in [0.2, 0.25) is 0 Å². The van der Waals surface area contributed by atoms with Crippen molar-refractivity contribution in [2.24, 2.45) is 0 Å². The monoisotopic (exact) mass is 394 g/mol. The van der Waals surface area contributed by atoms with Gasteiger partial charge in [0.2, 0.25) is 0 Å². The molecular weight excluding hydrogens is 368 g/mol. The van der Waals surface area contributed by atoms with Crippen molar-refractivity contribution in [1.29, 1.82) is 0 Å². The number of likely N-dealkylation sites (tertiary alicyclic amines) is 1. The third kappa shape index (κ3) is 6.73. The quantitative estimate of drug-likeness (QED) is 0.648. The van der Waals surface area contributed by atoms with Crippen molar-refractivity contribution < 1.29 is 33.7 Å². The summed E-state index contributed by atoms with van der Waals surface area (Å²) < 4.78 is 15.3. The molecule has 2 atom stereocenters. The van der Waals surface area contributed by atoms with E-state index in [1.165, 1.54) is 12.0 Å². The number of piperidine rings is 1. The Bertz CT molecular complexity index is 653. The Kier molecular flexibility index (Phi) is 8.54. The van der Waals surface area contributed by atoms with Crippen LogP contribution in [0.3, 0.4) is 0 Å². The number of hydrogen-bond donors (Lipinski definition) is 2. The molecule has 1 heterocycles.